The predicted molar refractivity (Wildman–Crippen MR) is 82.4 cm³/mol. The molecule has 0 bridgehead atoms. The number of fused-ring (bicyclic) bond motifs is 1. The highest BCUT2D eigenvalue weighted by atomic mass is 16.6. The zero-order chi connectivity index (χ0) is 14.1. The molecule has 0 radical (unpaired) electrons. The molecule has 0 spiro atoms. The molecule has 2 heterocycles. The third-order valence-corrected chi connectivity index (χ3v) is 3.64. The first kappa shape index (κ1) is 12.4. The highest BCUT2D eigenvalue weighted by Crippen LogP contribution is 2.34. The first-order valence-electron chi connectivity index (χ1n) is 7.09. The van der Waals surface area contributed by atoms with Gasteiger partial charge in [0.25, 0.3) is 0 Å². The van der Waals surface area contributed by atoms with Crippen molar-refractivity contribution in [1.82, 2.24) is 4.98 Å². The average molecular weight is 277 g/mol. The van der Waals surface area contributed by atoms with E-state index in [-0.39, 0.29) is 6.10 Å². The quantitative estimate of drug-likeness (QED) is 0.682. The molecular weight excluding hydrogens is 262 g/mol. The number of para-hydroxylation sites is 2. The summed E-state index contributed by atoms with van der Waals surface area (Å²) in [4.78, 5) is 4.53. The topological polar surface area (TPSA) is 34.6 Å². The number of pyridine rings is 1. The van der Waals surface area contributed by atoms with Crippen LogP contribution in [-0.2, 0) is 4.74 Å². The zero-order valence-corrected chi connectivity index (χ0v) is 11.5. The summed E-state index contributed by atoms with van der Waals surface area (Å²) in [6, 6.07) is 18.3. The number of ether oxygens (including phenoxy) is 2. The van der Waals surface area contributed by atoms with E-state index in [1.54, 1.807) is 0 Å². The first-order chi connectivity index (χ1) is 10.4. The molecule has 3 heteroatoms. The van der Waals surface area contributed by atoms with Gasteiger partial charge in [0.2, 0.25) is 0 Å². The van der Waals surface area contributed by atoms with Gasteiger partial charge in [-0.05, 0) is 12.1 Å². The number of nitrogens with zero attached hydrogens (tertiary/aromatic N) is 1. The van der Waals surface area contributed by atoms with E-state index < -0.39 is 0 Å². The van der Waals surface area contributed by atoms with E-state index in [9.17, 15) is 0 Å². The molecule has 104 valence electrons. The van der Waals surface area contributed by atoms with Crippen molar-refractivity contribution < 1.29 is 9.47 Å². The SMILES string of the molecule is c1ccc(-c2cccc3cccnc23)c(OC[C@H]2CO2)c1. The van der Waals surface area contributed by atoms with Crippen LogP contribution < -0.4 is 4.74 Å². The van der Waals surface area contributed by atoms with Crippen LogP contribution in [0.15, 0.2) is 60.8 Å². The number of epoxide rings is 1. The monoisotopic (exact) mass is 277 g/mol. The van der Waals surface area contributed by atoms with Crippen LogP contribution in [0.2, 0.25) is 0 Å². The lowest BCUT2D eigenvalue weighted by molar-refractivity contribution is 0.264. The van der Waals surface area contributed by atoms with E-state index in [0.29, 0.717) is 6.61 Å². The molecule has 0 unspecified atom stereocenters. The van der Waals surface area contributed by atoms with Crippen LogP contribution in [-0.4, -0.2) is 24.3 Å². The molecule has 0 saturated carbocycles. The molecular formula is C18H15NO2. The Balaban J connectivity index is 1.80. The standard InChI is InChI=1S/C18H15NO2/c1-2-9-17(21-12-14-11-20-14)15(7-1)16-8-3-5-13-6-4-10-19-18(13)16/h1-10,14H,11-12H2/t14-/m1/s1. The Morgan fingerprint density at radius 1 is 1.00 bits per heavy atom. The van der Waals surface area contributed by atoms with Crippen LogP contribution in [0.5, 0.6) is 5.75 Å². The largest absolute Gasteiger partial charge is 0.490 e. The van der Waals surface area contributed by atoms with Gasteiger partial charge < -0.3 is 9.47 Å². The second-order valence-corrected chi connectivity index (χ2v) is 5.14. The lowest BCUT2D eigenvalue weighted by Gasteiger charge is -2.12. The lowest BCUT2D eigenvalue weighted by Crippen LogP contribution is -2.04. The fourth-order valence-electron chi connectivity index (χ4n) is 2.48. The Labute approximate surface area is 123 Å². The summed E-state index contributed by atoms with van der Waals surface area (Å²) >= 11 is 0. The van der Waals surface area contributed by atoms with Gasteiger partial charge in [-0.15, -0.1) is 0 Å². The summed E-state index contributed by atoms with van der Waals surface area (Å²) in [5.74, 6) is 0.881. The Kier molecular flexibility index (Phi) is 3.05. The molecule has 2 aromatic carbocycles. The second kappa shape index (κ2) is 5.19. The van der Waals surface area contributed by atoms with Crippen molar-refractivity contribution in [1.29, 1.82) is 0 Å². The van der Waals surface area contributed by atoms with Gasteiger partial charge in [0.05, 0.1) is 12.1 Å². The Morgan fingerprint density at radius 2 is 1.81 bits per heavy atom. The van der Waals surface area contributed by atoms with Gasteiger partial charge in [-0.3, -0.25) is 4.98 Å². The van der Waals surface area contributed by atoms with E-state index in [1.165, 1.54) is 0 Å². The molecule has 1 aliphatic heterocycles. The molecule has 1 aliphatic rings. The van der Waals surface area contributed by atoms with Crippen molar-refractivity contribution in [3.63, 3.8) is 0 Å². The van der Waals surface area contributed by atoms with Gasteiger partial charge in [-0.25, -0.2) is 0 Å². The van der Waals surface area contributed by atoms with Crippen LogP contribution >= 0.6 is 0 Å². The van der Waals surface area contributed by atoms with Crippen molar-refractivity contribution in [3.05, 3.63) is 60.8 Å². The van der Waals surface area contributed by atoms with Gasteiger partial charge in [0, 0.05) is 22.7 Å². The van der Waals surface area contributed by atoms with E-state index in [1.807, 2.05) is 30.5 Å². The molecule has 1 atom stereocenters. The van der Waals surface area contributed by atoms with Crippen molar-refractivity contribution >= 4 is 10.9 Å². The molecule has 1 fully saturated rings. The highest BCUT2D eigenvalue weighted by molar-refractivity contribution is 5.94. The first-order valence-corrected chi connectivity index (χ1v) is 7.09. The summed E-state index contributed by atoms with van der Waals surface area (Å²) in [5.41, 5.74) is 3.17. The lowest BCUT2D eigenvalue weighted by atomic mass is 10.0. The molecule has 0 aliphatic carbocycles. The Hall–Kier alpha value is -2.39. The molecule has 0 amide bonds. The summed E-state index contributed by atoms with van der Waals surface area (Å²) in [7, 11) is 0. The van der Waals surface area contributed by atoms with E-state index in [2.05, 4.69) is 35.3 Å². The maximum atomic E-state index is 5.91. The van der Waals surface area contributed by atoms with Crippen molar-refractivity contribution in [2.24, 2.45) is 0 Å². The predicted octanol–water partition coefficient (Wildman–Crippen LogP) is 3.68. The van der Waals surface area contributed by atoms with E-state index >= 15 is 0 Å². The minimum absolute atomic E-state index is 0.253. The van der Waals surface area contributed by atoms with Gasteiger partial charge in [-0.1, -0.05) is 42.5 Å². The van der Waals surface area contributed by atoms with Crippen LogP contribution in [0.4, 0.5) is 0 Å². The second-order valence-electron chi connectivity index (χ2n) is 5.14. The Morgan fingerprint density at radius 3 is 2.71 bits per heavy atom. The molecule has 4 rings (SSSR count). The number of benzene rings is 2. The van der Waals surface area contributed by atoms with Crippen LogP contribution in [0, 0.1) is 0 Å². The van der Waals surface area contributed by atoms with Gasteiger partial charge in [-0.2, -0.15) is 0 Å². The number of rotatable bonds is 4. The minimum Gasteiger partial charge on any atom is -0.490 e. The van der Waals surface area contributed by atoms with Gasteiger partial charge in [0.1, 0.15) is 18.5 Å². The Bertz CT molecular complexity index is 776. The smallest absolute Gasteiger partial charge is 0.127 e. The third kappa shape index (κ3) is 2.48. The van der Waals surface area contributed by atoms with Gasteiger partial charge >= 0.3 is 0 Å². The van der Waals surface area contributed by atoms with Crippen LogP contribution in [0.3, 0.4) is 0 Å². The van der Waals surface area contributed by atoms with Crippen molar-refractivity contribution in [2.45, 2.75) is 6.10 Å². The molecule has 0 N–H and O–H groups in total. The zero-order valence-electron chi connectivity index (χ0n) is 11.5. The van der Waals surface area contributed by atoms with Crippen LogP contribution in [0.1, 0.15) is 0 Å². The van der Waals surface area contributed by atoms with Crippen molar-refractivity contribution in [3.8, 4) is 16.9 Å². The minimum atomic E-state index is 0.253. The average Bonchev–Trinajstić information content (AvgIpc) is 3.37. The third-order valence-electron chi connectivity index (χ3n) is 3.64. The normalized spacial score (nSPS) is 16.9. The summed E-state index contributed by atoms with van der Waals surface area (Å²) in [6.07, 6.45) is 2.08. The molecule has 3 aromatic rings. The van der Waals surface area contributed by atoms with E-state index in [0.717, 1.165) is 34.4 Å². The highest BCUT2D eigenvalue weighted by Gasteiger charge is 2.23. The van der Waals surface area contributed by atoms with E-state index in [4.69, 9.17) is 9.47 Å². The fraction of sp³-hybridized carbons (Fsp3) is 0.167. The number of hydrogen-bond acceptors (Lipinski definition) is 3. The maximum absolute atomic E-state index is 5.91. The molecule has 1 saturated heterocycles. The van der Waals surface area contributed by atoms with Gasteiger partial charge in [0.15, 0.2) is 0 Å². The molecule has 1 aromatic heterocycles. The number of aromatic nitrogens is 1. The van der Waals surface area contributed by atoms with Crippen LogP contribution in [0.25, 0.3) is 22.0 Å². The molecule has 21 heavy (non-hydrogen) atoms. The number of hydrogen-bond donors (Lipinski definition) is 0. The maximum Gasteiger partial charge on any atom is 0.127 e. The fourth-order valence-corrected chi connectivity index (χ4v) is 2.48. The summed E-state index contributed by atoms with van der Waals surface area (Å²) in [6.45, 7) is 1.41. The van der Waals surface area contributed by atoms with Crippen molar-refractivity contribution in [2.75, 3.05) is 13.2 Å². The summed E-state index contributed by atoms with van der Waals surface area (Å²) < 4.78 is 11.1. The summed E-state index contributed by atoms with van der Waals surface area (Å²) in [5, 5.41) is 1.13. The molecule has 3 nitrogen and oxygen atoms in total.